The number of anilines is 1. The predicted octanol–water partition coefficient (Wildman–Crippen LogP) is 3.82. The normalized spacial score (nSPS) is 12.4. The van der Waals surface area contributed by atoms with Crippen LogP contribution in [-0.2, 0) is 6.42 Å². The number of nitrogens with one attached hydrogen (secondary N) is 1. The Balaban J connectivity index is 2.11. The Morgan fingerprint density at radius 1 is 1.10 bits per heavy atom. The number of benzene rings is 1. The molecule has 0 saturated carbocycles. The SMILES string of the molecule is CC(C)CC(Nc1ccc(CCO)cc1)c1ccccn1. The van der Waals surface area contributed by atoms with Gasteiger partial charge in [-0.05, 0) is 48.6 Å². The van der Waals surface area contributed by atoms with Gasteiger partial charge < -0.3 is 10.4 Å². The third-order valence-electron chi connectivity index (χ3n) is 3.45. The zero-order valence-corrected chi connectivity index (χ0v) is 12.8. The van der Waals surface area contributed by atoms with Gasteiger partial charge in [-0.3, -0.25) is 4.98 Å². The zero-order chi connectivity index (χ0) is 15.1. The van der Waals surface area contributed by atoms with Crippen LogP contribution < -0.4 is 5.32 Å². The lowest BCUT2D eigenvalue weighted by atomic mass is 10.00. The summed E-state index contributed by atoms with van der Waals surface area (Å²) in [4.78, 5) is 4.48. The summed E-state index contributed by atoms with van der Waals surface area (Å²) in [6.07, 6.45) is 3.58. The first kappa shape index (κ1) is 15.5. The molecule has 1 aromatic heterocycles. The average molecular weight is 284 g/mol. The molecule has 1 aromatic carbocycles. The molecule has 2 N–H and O–H groups in total. The Hall–Kier alpha value is -1.87. The monoisotopic (exact) mass is 284 g/mol. The molecule has 1 atom stereocenters. The van der Waals surface area contributed by atoms with E-state index < -0.39 is 0 Å². The molecule has 1 heterocycles. The number of hydrogen-bond acceptors (Lipinski definition) is 3. The second-order valence-electron chi connectivity index (χ2n) is 5.75. The fourth-order valence-corrected chi connectivity index (χ4v) is 2.41. The van der Waals surface area contributed by atoms with Crippen LogP contribution in [0.1, 0.15) is 37.6 Å². The Labute approximate surface area is 127 Å². The maximum absolute atomic E-state index is 8.96. The van der Waals surface area contributed by atoms with Gasteiger partial charge in [-0.2, -0.15) is 0 Å². The van der Waals surface area contributed by atoms with Crippen molar-refractivity contribution in [2.45, 2.75) is 32.7 Å². The molecule has 0 spiro atoms. The minimum absolute atomic E-state index is 0.191. The summed E-state index contributed by atoms with van der Waals surface area (Å²) in [5, 5.41) is 12.5. The summed E-state index contributed by atoms with van der Waals surface area (Å²) < 4.78 is 0. The van der Waals surface area contributed by atoms with Crippen molar-refractivity contribution in [3.63, 3.8) is 0 Å². The maximum atomic E-state index is 8.96. The molecule has 0 fully saturated rings. The van der Waals surface area contributed by atoms with E-state index in [1.165, 1.54) is 0 Å². The Kier molecular flexibility index (Phi) is 5.76. The average Bonchev–Trinajstić information content (AvgIpc) is 2.49. The Morgan fingerprint density at radius 3 is 2.43 bits per heavy atom. The van der Waals surface area contributed by atoms with Crippen LogP contribution in [0.15, 0.2) is 48.7 Å². The van der Waals surface area contributed by atoms with E-state index in [2.05, 4.69) is 54.5 Å². The van der Waals surface area contributed by atoms with Crippen molar-refractivity contribution in [3.05, 3.63) is 59.9 Å². The van der Waals surface area contributed by atoms with Crippen molar-refractivity contribution in [2.75, 3.05) is 11.9 Å². The van der Waals surface area contributed by atoms with Crippen LogP contribution in [0.25, 0.3) is 0 Å². The minimum Gasteiger partial charge on any atom is -0.396 e. The number of nitrogens with zero attached hydrogens (tertiary/aromatic N) is 1. The molecule has 0 bridgehead atoms. The molecule has 0 aliphatic heterocycles. The van der Waals surface area contributed by atoms with Gasteiger partial charge in [0.1, 0.15) is 0 Å². The van der Waals surface area contributed by atoms with Gasteiger partial charge in [0.05, 0.1) is 11.7 Å². The van der Waals surface area contributed by atoms with E-state index >= 15 is 0 Å². The molecule has 2 rings (SSSR count). The van der Waals surface area contributed by atoms with Gasteiger partial charge in [0.15, 0.2) is 0 Å². The van der Waals surface area contributed by atoms with Gasteiger partial charge >= 0.3 is 0 Å². The number of rotatable bonds is 7. The molecule has 0 amide bonds. The van der Waals surface area contributed by atoms with E-state index in [9.17, 15) is 0 Å². The summed E-state index contributed by atoms with van der Waals surface area (Å²) in [5.74, 6) is 0.596. The standard InChI is InChI=1S/C18H24N2O/c1-14(2)13-18(17-5-3-4-11-19-17)20-16-8-6-15(7-9-16)10-12-21/h3-9,11,14,18,20-21H,10,12-13H2,1-2H3. The minimum atomic E-state index is 0.191. The van der Waals surface area contributed by atoms with Crippen molar-refractivity contribution < 1.29 is 5.11 Å². The number of aromatic nitrogens is 1. The van der Waals surface area contributed by atoms with Crippen LogP contribution in [0.3, 0.4) is 0 Å². The first-order valence-electron chi connectivity index (χ1n) is 7.56. The van der Waals surface area contributed by atoms with Crippen molar-refractivity contribution in [3.8, 4) is 0 Å². The first-order valence-corrected chi connectivity index (χ1v) is 7.56. The Bertz CT molecular complexity index is 523. The van der Waals surface area contributed by atoms with E-state index in [1.807, 2.05) is 18.3 Å². The number of pyridine rings is 1. The molecule has 112 valence electrons. The molecule has 0 aliphatic rings. The van der Waals surface area contributed by atoms with Crippen LogP contribution in [0.2, 0.25) is 0 Å². The number of aliphatic hydroxyl groups excluding tert-OH is 1. The highest BCUT2D eigenvalue weighted by atomic mass is 16.2. The molecule has 1 unspecified atom stereocenters. The van der Waals surface area contributed by atoms with Crippen LogP contribution in [0, 0.1) is 5.92 Å². The Morgan fingerprint density at radius 2 is 1.86 bits per heavy atom. The number of aliphatic hydroxyl groups is 1. The quantitative estimate of drug-likeness (QED) is 0.812. The largest absolute Gasteiger partial charge is 0.396 e. The van der Waals surface area contributed by atoms with Crippen molar-refractivity contribution in [1.29, 1.82) is 0 Å². The predicted molar refractivity (Wildman–Crippen MR) is 87.3 cm³/mol. The summed E-state index contributed by atoms with van der Waals surface area (Å²) in [7, 11) is 0. The summed E-state index contributed by atoms with van der Waals surface area (Å²) in [6.45, 7) is 4.64. The van der Waals surface area contributed by atoms with Crippen LogP contribution >= 0.6 is 0 Å². The zero-order valence-electron chi connectivity index (χ0n) is 12.8. The highest BCUT2D eigenvalue weighted by Gasteiger charge is 2.14. The summed E-state index contributed by atoms with van der Waals surface area (Å²) in [6, 6.07) is 14.5. The molecule has 0 saturated heterocycles. The molecule has 0 radical (unpaired) electrons. The lowest BCUT2D eigenvalue weighted by Crippen LogP contribution is -2.14. The number of hydrogen-bond donors (Lipinski definition) is 2. The topological polar surface area (TPSA) is 45.1 Å². The summed E-state index contributed by atoms with van der Waals surface area (Å²) >= 11 is 0. The first-order chi connectivity index (χ1) is 10.2. The molecule has 21 heavy (non-hydrogen) atoms. The highest BCUT2D eigenvalue weighted by molar-refractivity contribution is 5.46. The van der Waals surface area contributed by atoms with E-state index in [4.69, 9.17) is 5.11 Å². The van der Waals surface area contributed by atoms with Gasteiger partial charge in [0.25, 0.3) is 0 Å². The molecular formula is C18H24N2O. The fourth-order valence-electron chi connectivity index (χ4n) is 2.41. The van der Waals surface area contributed by atoms with E-state index in [0.717, 1.165) is 23.4 Å². The molecule has 3 nitrogen and oxygen atoms in total. The lowest BCUT2D eigenvalue weighted by molar-refractivity contribution is 0.299. The van der Waals surface area contributed by atoms with Gasteiger partial charge in [0.2, 0.25) is 0 Å². The second-order valence-corrected chi connectivity index (χ2v) is 5.75. The van der Waals surface area contributed by atoms with Gasteiger partial charge in [-0.15, -0.1) is 0 Å². The van der Waals surface area contributed by atoms with Crippen molar-refractivity contribution in [2.24, 2.45) is 5.92 Å². The fraction of sp³-hybridized carbons (Fsp3) is 0.389. The molecule has 3 heteroatoms. The van der Waals surface area contributed by atoms with Crippen molar-refractivity contribution >= 4 is 5.69 Å². The van der Waals surface area contributed by atoms with Crippen LogP contribution in [0.4, 0.5) is 5.69 Å². The lowest BCUT2D eigenvalue weighted by Gasteiger charge is -2.21. The van der Waals surface area contributed by atoms with E-state index in [0.29, 0.717) is 12.3 Å². The maximum Gasteiger partial charge on any atom is 0.0687 e. The smallest absolute Gasteiger partial charge is 0.0687 e. The molecule has 0 aliphatic carbocycles. The van der Waals surface area contributed by atoms with Crippen molar-refractivity contribution in [1.82, 2.24) is 4.98 Å². The van der Waals surface area contributed by atoms with E-state index in [-0.39, 0.29) is 12.6 Å². The highest BCUT2D eigenvalue weighted by Crippen LogP contribution is 2.24. The molecule has 2 aromatic rings. The van der Waals surface area contributed by atoms with Crippen LogP contribution in [-0.4, -0.2) is 16.7 Å². The third kappa shape index (κ3) is 4.87. The van der Waals surface area contributed by atoms with E-state index in [1.54, 1.807) is 0 Å². The molecular weight excluding hydrogens is 260 g/mol. The van der Waals surface area contributed by atoms with Gasteiger partial charge in [-0.1, -0.05) is 32.0 Å². The second kappa shape index (κ2) is 7.79. The van der Waals surface area contributed by atoms with Gasteiger partial charge in [-0.25, -0.2) is 0 Å². The summed E-state index contributed by atoms with van der Waals surface area (Å²) in [5.41, 5.74) is 3.32. The third-order valence-corrected chi connectivity index (χ3v) is 3.45. The van der Waals surface area contributed by atoms with Gasteiger partial charge in [0, 0.05) is 18.5 Å². The van der Waals surface area contributed by atoms with Crippen LogP contribution in [0.5, 0.6) is 0 Å².